The van der Waals surface area contributed by atoms with Crippen molar-refractivity contribution < 1.29 is 19.2 Å². The van der Waals surface area contributed by atoms with Gasteiger partial charge in [-0.2, -0.15) is 4.39 Å². The zero-order chi connectivity index (χ0) is 14.2. The van der Waals surface area contributed by atoms with Gasteiger partial charge in [-0.05, 0) is 18.6 Å². The second kappa shape index (κ2) is 4.58. The SMILES string of the molecule is CCC1(O)CN(C(=O)c2ccc([N+](=O)[O-])c(F)c2)C1. The van der Waals surface area contributed by atoms with E-state index in [-0.39, 0.29) is 18.7 Å². The molecule has 1 N–H and O–H groups in total. The third kappa shape index (κ3) is 2.41. The molecule has 19 heavy (non-hydrogen) atoms. The number of rotatable bonds is 3. The molecule has 1 aliphatic heterocycles. The van der Waals surface area contributed by atoms with Crippen molar-refractivity contribution in [2.75, 3.05) is 13.1 Å². The number of likely N-dealkylation sites (tertiary alicyclic amines) is 1. The van der Waals surface area contributed by atoms with Crippen molar-refractivity contribution in [1.29, 1.82) is 0 Å². The summed E-state index contributed by atoms with van der Waals surface area (Å²) in [6.45, 7) is 2.20. The van der Waals surface area contributed by atoms with E-state index < -0.39 is 27.9 Å². The van der Waals surface area contributed by atoms with Gasteiger partial charge in [-0.1, -0.05) is 6.92 Å². The molecule has 0 radical (unpaired) electrons. The Morgan fingerprint density at radius 1 is 1.58 bits per heavy atom. The van der Waals surface area contributed by atoms with Gasteiger partial charge in [-0.25, -0.2) is 0 Å². The van der Waals surface area contributed by atoms with Gasteiger partial charge in [0, 0.05) is 11.6 Å². The van der Waals surface area contributed by atoms with Crippen molar-refractivity contribution in [2.24, 2.45) is 0 Å². The summed E-state index contributed by atoms with van der Waals surface area (Å²) in [5.74, 6) is -1.48. The summed E-state index contributed by atoms with van der Waals surface area (Å²) in [5, 5.41) is 20.3. The first-order valence-corrected chi connectivity index (χ1v) is 5.82. The topological polar surface area (TPSA) is 83.7 Å². The second-order valence-corrected chi connectivity index (χ2v) is 4.66. The number of nitrogens with zero attached hydrogens (tertiary/aromatic N) is 2. The smallest absolute Gasteiger partial charge is 0.304 e. The molecule has 0 aliphatic carbocycles. The molecule has 0 spiro atoms. The van der Waals surface area contributed by atoms with Crippen molar-refractivity contribution in [3.63, 3.8) is 0 Å². The van der Waals surface area contributed by atoms with Crippen LogP contribution in [-0.4, -0.2) is 39.5 Å². The Hall–Kier alpha value is -2.02. The van der Waals surface area contributed by atoms with Crippen LogP contribution in [0.4, 0.5) is 10.1 Å². The molecule has 0 atom stereocenters. The molecule has 102 valence electrons. The summed E-state index contributed by atoms with van der Waals surface area (Å²) in [7, 11) is 0. The van der Waals surface area contributed by atoms with Crippen molar-refractivity contribution in [2.45, 2.75) is 18.9 Å². The molecule has 7 heteroatoms. The van der Waals surface area contributed by atoms with E-state index >= 15 is 0 Å². The summed E-state index contributed by atoms with van der Waals surface area (Å²) >= 11 is 0. The summed E-state index contributed by atoms with van der Waals surface area (Å²) in [5.41, 5.74) is -1.49. The van der Waals surface area contributed by atoms with E-state index in [0.717, 1.165) is 12.1 Å². The lowest BCUT2D eigenvalue weighted by atomic mass is 9.90. The highest BCUT2D eigenvalue weighted by molar-refractivity contribution is 5.95. The van der Waals surface area contributed by atoms with Gasteiger partial charge in [0.1, 0.15) is 0 Å². The van der Waals surface area contributed by atoms with E-state index in [1.165, 1.54) is 11.0 Å². The molecule has 0 bridgehead atoms. The van der Waals surface area contributed by atoms with Gasteiger partial charge in [-0.15, -0.1) is 0 Å². The number of hydrogen-bond donors (Lipinski definition) is 1. The Balaban J connectivity index is 2.14. The average Bonchev–Trinajstić information content (AvgIpc) is 2.33. The molecule has 1 heterocycles. The van der Waals surface area contributed by atoms with Gasteiger partial charge in [0.15, 0.2) is 0 Å². The lowest BCUT2D eigenvalue weighted by Crippen LogP contribution is -2.63. The van der Waals surface area contributed by atoms with Crippen LogP contribution in [0.2, 0.25) is 0 Å². The number of amides is 1. The van der Waals surface area contributed by atoms with Crippen LogP contribution in [0.5, 0.6) is 0 Å². The number of β-amino-alcohol motifs (C(OH)–C–C–N with tert-alkyl or cyclic N) is 1. The second-order valence-electron chi connectivity index (χ2n) is 4.66. The number of benzene rings is 1. The Morgan fingerprint density at radius 3 is 2.68 bits per heavy atom. The zero-order valence-corrected chi connectivity index (χ0v) is 10.3. The molecule has 1 aliphatic rings. The number of carbonyl (C=O) groups is 1. The number of aliphatic hydroxyl groups is 1. The molecule has 0 aromatic heterocycles. The minimum Gasteiger partial charge on any atom is -0.386 e. The fraction of sp³-hybridized carbons (Fsp3) is 0.417. The molecule has 1 amide bonds. The Labute approximate surface area is 108 Å². The maximum absolute atomic E-state index is 13.4. The van der Waals surface area contributed by atoms with E-state index in [1.807, 2.05) is 6.92 Å². The number of halogens is 1. The maximum Gasteiger partial charge on any atom is 0.304 e. The third-order valence-corrected chi connectivity index (χ3v) is 3.31. The quantitative estimate of drug-likeness (QED) is 0.662. The van der Waals surface area contributed by atoms with Crippen molar-refractivity contribution in [3.8, 4) is 0 Å². The van der Waals surface area contributed by atoms with Crippen molar-refractivity contribution in [1.82, 2.24) is 4.90 Å². The molecule has 1 saturated heterocycles. The summed E-state index contributed by atoms with van der Waals surface area (Å²) in [4.78, 5) is 22.9. The number of nitro benzene ring substituents is 1. The van der Waals surface area contributed by atoms with Crippen LogP contribution >= 0.6 is 0 Å². The average molecular weight is 268 g/mol. The molecule has 1 aromatic rings. The van der Waals surface area contributed by atoms with Crippen LogP contribution < -0.4 is 0 Å². The molecule has 0 saturated carbocycles. The largest absolute Gasteiger partial charge is 0.386 e. The lowest BCUT2D eigenvalue weighted by molar-refractivity contribution is -0.387. The highest BCUT2D eigenvalue weighted by atomic mass is 19.1. The predicted octanol–water partition coefficient (Wildman–Crippen LogP) is 1.33. The summed E-state index contributed by atoms with van der Waals surface area (Å²) in [6.07, 6.45) is 0.533. The molecular formula is C12H13FN2O4. The van der Waals surface area contributed by atoms with E-state index in [1.54, 1.807) is 0 Å². The van der Waals surface area contributed by atoms with Crippen LogP contribution in [0, 0.1) is 15.9 Å². The highest BCUT2D eigenvalue weighted by Crippen LogP contribution is 2.27. The Bertz CT molecular complexity index is 541. The minimum absolute atomic E-state index is 0.0428. The van der Waals surface area contributed by atoms with Gasteiger partial charge in [-0.3, -0.25) is 14.9 Å². The van der Waals surface area contributed by atoms with Gasteiger partial charge >= 0.3 is 5.69 Å². The first-order valence-electron chi connectivity index (χ1n) is 5.82. The van der Waals surface area contributed by atoms with Gasteiger partial charge in [0.2, 0.25) is 5.82 Å². The van der Waals surface area contributed by atoms with E-state index in [0.29, 0.717) is 6.42 Å². The van der Waals surface area contributed by atoms with Gasteiger partial charge in [0.25, 0.3) is 5.91 Å². The normalized spacial score (nSPS) is 16.9. The van der Waals surface area contributed by atoms with Gasteiger partial charge in [0.05, 0.1) is 23.6 Å². The molecule has 1 aromatic carbocycles. The Kier molecular flexibility index (Phi) is 3.23. The number of nitro groups is 1. The minimum atomic E-state index is -1.04. The van der Waals surface area contributed by atoms with Crippen molar-refractivity contribution in [3.05, 3.63) is 39.7 Å². The standard InChI is InChI=1S/C12H13FN2O4/c1-2-12(17)6-14(7-12)11(16)8-3-4-10(15(18)19)9(13)5-8/h3-5,17H,2,6-7H2,1H3. The van der Waals surface area contributed by atoms with Crippen LogP contribution in [0.15, 0.2) is 18.2 Å². The Morgan fingerprint density at radius 2 is 2.21 bits per heavy atom. The molecule has 6 nitrogen and oxygen atoms in total. The monoisotopic (exact) mass is 268 g/mol. The maximum atomic E-state index is 13.4. The zero-order valence-electron chi connectivity index (χ0n) is 10.3. The lowest BCUT2D eigenvalue weighted by Gasteiger charge is -2.46. The number of carbonyl (C=O) groups excluding carboxylic acids is 1. The first kappa shape index (κ1) is 13.4. The molecule has 0 unspecified atom stereocenters. The summed E-state index contributed by atoms with van der Waals surface area (Å²) in [6, 6.07) is 3.03. The fourth-order valence-corrected chi connectivity index (χ4v) is 2.00. The van der Waals surface area contributed by atoms with Crippen LogP contribution in [-0.2, 0) is 0 Å². The van der Waals surface area contributed by atoms with E-state index in [2.05, 4.69) is 0 Å². The third-order valence-electron chi connectivity index (χ3n) is 3.31. The predicted molar refractivity (Wildman–Crippen MR) is 64.2 cm³/mol. The van der Waals surface area contributed by atoms with E-state index in [9.17, 15) is 24.4 Å². The number of hydrogen-bond acceptors (Lipinski definition) is 4. The molecule has 1 fully saturated rings. The highest BCUT2D eigenvalue weighted by Gasteiger charge is 2.42. The summed E-state index contributed by atoms with van der Waals surface area (Å²) < 4.78 is 13.4. The van der Waals surface area contributed by atoms with E-state index in [4.69, 9.17) is 0 Å². The fourth-order valence-electron chi connectivity index (χ4n) is 2.00. The van der Waals surface area contributed by atoms with Crippen molar-refractivity contribution >= 4 is 11.6 Å². The van der Waals surface area contributed by atoms with Gasteiger partial charge < -0.3 is 10.0 Å². The van der Waals surface area contributed by atoms with Crippen LogP contribution in [0.1, 0.15) is 23.7 Å². The van der Waals surface area contributed by atoms with Crippen LogP contribution in [0.25, 0.3) is 0 Å². The molecule has 2 rings (SSSR count). The van der Waals surface area contributed by atoms with Crippen LogP contribution in [0.3, 0.4) is 0 Å². The molecular weight excluding hydrogens is 255 g/mol. The first-order chi connectivity index (χ1) is 8.86.